The van der Waals surface area contributed by atoms with Crippen LogP contribution in [0.4, 0.5) is 4.79 Å². The number of hydrogen-bond acceptors (Lipinski definition) is 3. The third-order valence-electron chi connectivity index (χ3n) is 3.37. The normalized spacial score (nSPS) is 11.3. The number of urea groups is 1. The first-order valence-corrected chi connectivity index (χ1v) is 6.87. The van der Waals surface area contributed by atoms with Crippen molar-refractivity contribution in [1.82, 2.24) is 20.0 Å². The van der Waals surface area contributed by atoms with Gasteiger partial charge >= 0.3 is 12.0 Å². The third kappa shape index (κ3) is 4.77. The summed E-state index contributed by atoms with van der Waals surface area (Å²) >= 11 is 0. The fourth-order valence-electron chi connectivity index (χ4n) is 1.93. The molecule has 0 bridgehead atoms. The van der Waals surface area contributed by atoms with E-state index in [4.69, 9.17) is 5.11 Å². The van der Waals surface area contributed by atoms with Crippen molar-refractivity contribution in [2.24, 2.45) is 7.05 Å². The molecule has 2 amide bonds. The minimum Gasteiger partial charge on any atom is -0.481 e. The summed E-state index contributed by atoms with van der Waals surface area (Å²) in [7, 11) is 1.84. The largest absolute Gasteiger partial charge is 0.481 e. The molecule has 2 N–H and O–H groups in total. The Morgan fingerprint density at radius 2 is 2.05 bits per heavy atom. The maximum atomic E-state index is 12.3. The van der Waals surface area contributed by atoms with Gasteiger partial charge in [-0.2, -0.15) is 5.10 Å². The molecule has 0 aromatic carbocycles. The molecular weight excluding hydrogens is 272 g/mol. The molecule has 0 saturated carbocycles. The highest BCUT2D eigenvalue weighted by molar-refractivity contribution is 5.76. The van der Waals surface area contributed by atoms with E-state index in [1.54, 1.807) is 10.9 Å². The zero-order valence-corrected chi connectivity index (χ0v) is 13.3. The van der Waals surface area contributed by atoms with Gasteiger partial charge in [-0.25, -0.2) is 4.79 Å². The standard InChI is InChI=1S/C14H24N4O3/c1-10-11(9-16-17(10)5)8-15-13(21)18(14(2,3)4)7-6-12(19)20/h9H,6-8H2,1-5H3,(H,15,21)(H,19,20). The van der Waals surface area contributed by atoms with Crippen LogP contribution in [0.2, 0.25) is 0 Å². The molecule has 21 heavy (non-hydrogen) atoms. The number of carboxylic acids is 1. The number of carboxylic acid groups (broad SMARTS) is 1. The summed E-state index contributed by atoms with van der Waals surface area (Å²) in [6.45, 7) is 8.12. The second-order valence-electron chi connectivity index (χ2n) is 6.00. The summed E-state index contributed by atoms with van der Waals surface area (Å²) in [6, 6.07) is -0.271. The molecular formula is C14H24N4O3. The molecule has 1 heterocycles. The highest BCUT2D eigenvalue weighted by Gasteiger charge is 2.26. The van der Waals surface area contributed by atoms with Crippen molar-refractivity contribution in [3.8, 4) is 0 Å². The average molecular weight is 296 g/mol. The summed E-state index contributed by atoms with van der Waals surface area (Å²) in [4.78, 5) is 24.5. The predicted molar refractivity (Wildman–Crippen MR) is 78.9 cm³/mol. The van der Waals surface area contributed by atoms with Gasteiger partial charge in [0, 0.05) is 36.9 Å². The van der Waals surface area contributed by atoms with Crippen LogP contribution in [0.15, 0.2) is 6.20 Å². The van der Waals surface area contributed by atoms with Crippen molar-refractivity contribution in [2.75, 3.05) is 6.54 Å². The molecule has 7 nitrogen and oxygen atoms in total. The quantitative estimate of drug-likeness (QED) is 0.862. The minimum absolute atomic E-state index is 0.0728. The number of nitrogens with zero attached hydrogens (tertiary/aromatic N) is 3. The lowest BCUT2D eigenvalue weighted by Gasteiger charge is -2.35. The van der Waals surface area contributed by atoms with E-state index in [-0.39, 0.29) is 19.0 Å². The molecule has 0 fully saturated rings. The number of carbonyl (C=O) groups is 2. The molecule has 118 valence electrons. The van der Waals surface area contributed by atoms with Gasteiger partial charge in [-0.1, -0.05) is 0 Å². The molecule has 0 unspecified atom stereocenters. The summed E-state index contributed by atoms with van der Waals surface area (Å²) < 4.78 is 1.74. The van der Waals surface area contributed by atoms with Crippen LogP contribution < -0.4 is 5.32 Å². The number of amides is 2. The van der Waals surface area contributed by atoms with E-state index < -0.39 is 11.5 Å². The number of aliphatic carboxylic acids is 1. The zero-order chi connectivity index (χ0) is 16.2. The van der Waals surface area contributed by atoms with Crippen LogP contribution >= 0.6 is 0 Å². The molecule has 0 radical (unpaired) electrons. The van der Waals surface area contributed by atoms with E-state index in [0.717, 1.165) is 11.3 Å². The monoisotopic (exact) mass is 296 g/mol. The van der Waals surface area contributed by atoms with Gasteiger partial charge in [0.05, 0.1) is 12.6 Å². The molecule has 0 atom stereocenters. The SMILES string of the molecule is Cc1c(CNC(=O)N(CCC(=O)O)C(C)(C)C)cnn1C. The first-order chi connectivity index (χ1) is 9.62. The number of aromatic nitrogens is 2. The molecule has 1 rings (SSSR count). The molecule has 0 saturated heterocycles. The van der Waals surface area contributed by atoms with E-state index in [9.17, 15) is 9.59 Å². The Bertz CT molecular complexity index is 517. The van der Waals surface area contributed by atoms with Crippen LogP contribution in [0, 0.1) is 6.92 Å². The minimum atomic E-state index is -0.917. The summed E-state index contributed by atoms with van der Waals surface area (Å²) in [6.07, 6.45) is 1.64. The van der Waals surface area contributed by atoms with Crippen molar-refractivity contribution < 1.29 is 14.7 Å². The second-order valence-corrected chi connectivity index (χ2v) is 6.00. The summed E-state index contributed by atoms with van der Waals surface area (Å²) in [5.74, 6) is -0.917. The van der Waals surface area contributed by atoms with Crippen molar-refractivity contribution in [3.63, 3.8) is 0 Å². The number of nitrogens with one attached hydrogen (secondary N) is 1. The van der Waals surface area contributed by atoms with Gasteiger partial charge in [0.2, 0.25) is 0 Å². The Balaban J connectivity index is 2.68. The first-order valence-electron chi connectivity index (χ1n) is 6.87. The van der Waals surface area contributed by atoms with Gasteiger partial charge in [0.25, 0.3) is 0 Å². The highest BCUT2D eigenvalue weighted by atomic mass is 16.4. The molecule has 0 spiro atoms. The number of aryl methyl sites for hydroxylation is 1. The van der Waals surface area contributed by atoms with Crippen LogP contribution in [0.5, 0.6) is 0 Å². The van der Waals surface area contributed by atoms with E-state index in [2.05, 4.69) is 10.4 Å². The van der Waals surface area contributed by atoms with E-state index in [1.807, 2.05) is 34.7 Å². The number of hydrogen-bond donors (Lipinski definition) is 2. The van der Waals surface area contributed by atoms with Crippen LogP contribution in [-0.2, 0) is 18.4 Å². The lowest BCUT2D eigenvalue weighted by molar-refractivity contribution is -0.137. The van der Waals surface area contributed by atoms with Crippen LogP contribution in [-0.4, -0.2) is 43.9 Å². The van der Waals surface area contributed by atoms with Crippen molar-refractivity contribution >= 4 is 12.0 Å². The Morgan fingerprint density at radius 3 is 2.48 bits per heavy atom. The van der Waals surface area contributed by atoms with Gasteiger partial charge in [-0.05, 0) is 27.7 Å². The lowest BCUT2D eigenvalue weighted by atomic mass is 10.1. The fraction of sp³-hybridized carbons (Fsp3) is 0.643. The Morgan fingerprint density at radius 1 is 1.43 bits per heavy atom. The smallest absolute Gasteiger partial charge is 0.318 e. The lowest BCUT2D eigenvalue weighted by Crippen LogP contribution is -2.51. The molecule has 1 aromatic heterocycles. The van der Waals surface area contributed by atoms with E-state index in [1.165, 1.54) is 4.90 Å². The maximum Gasteiger partial charge on any atom is 0.318 e. The second kappa shape index (κ2) is 6.60. The predicted octanol–water partition coefficient (Wildman–Crippen LogP) is 1.51. The highest BCUT2D eigenvalue weighted by Crippen LogP contribution is 2.14. The Kier molecular flexibility index (Phi) is 5.34. The fourth-order valence-corrected chi connectivity index (χ4v) is 1.93. The van der Waals surface area contributed by atoms with Gasteiger partial charge in [0.15, 0.2) is 0 Å². The Labute approximate surface area is 124 Å². The average Bonchev–Trinajstić information content (AvgIpc) is 2.65. The molecule has 1 aromatic rings. The third-order valence-corrected chi connectivity index (χ3v) is 3.37. The van der Waals surface area contributed by atoms with Crippen molar-refractivity contribution in [2.45, 2.75) is 46.2 Å². The topological polar surface area (TPSA) is 87.5 Å². The van der Waals surface area contributed by atoms with Gasteiger partial charge in [-0.15, -0.1) is 0 Å². The van der Waals surface area contributed by atoms with Gasteiger partial charge in [0.1, 0.15) is 0 Å². The molecule has 0 aliphatic rings. The maximum absolute atomic E-state index is 12.3. The summed E-state index contributed by atoms with van der Waals surface area (Å²) in [5.41, 5.74) is 1.49. The molecule has 0 aliphatic heterocycles. The zero-order valence-electron chi connectivity index (χ0n) is 13.3. The molecule has 7 heteroatoms. The van der Waals surface area contributed by atoms with E-state index >= 15 is 0 Å². The van der Waals surface area contributed by atoms with Crippen LogP contribution in [0.1, 0.15) is 38.4 Å². The Hall–Kier alpha value is -2.05. The summed E-state index contributed by atoms with van der Waals surface area (Å²) in [5, 5.41) is 15.7. The first kappa shape index (κ1) is 17.0. The van der Waals surface area contributed by atoms with Crippen molar-refractivity contribution in [3.05, 3.63) is 17.5 Å². The number of carbonyl (C=O) groups excluding carboxylic acids is 1. The number of rotatable bonds is 5. The van der Waals surface area contributed by atoms with Gasteiger partial charge < -0.3 is 15.3 Å². The molecule has 0 aliphatic carbocycles. The van der Waals surface area contributed by atoms with Crippen molar-refractivity contribution in [1.29, 1.82) is 0 Å². The van der Waals surface area contributed by atoms with Crippen LogP contribution in [0.25, 0.3) is 0 Å². The van der Waals surface area contributed by atoms with E-state index in [0.29, 0.717) is 6.54 Å². The van der Waals surface area contributed by atoms with Gasteiger partial charge in [-0.3, -0.25) is 9.48 Å². The van der Waals surface area contributed by atoms with Crippen LogP contribution in [0.3, 0.4) is 0 Å².